The van der Waals surface area contributed by atoms with Gasteiger partial charge in [0.2, 0.25) is 0 Å². The van der Waals surface area contributed by atoms with Crippen LogP contribution in [-0.2, 0) is 11.3 Å². The molecule has 10 heteroatoms. The topological polar surface area (TPSA) is 110 Å². The van der Waals surface area contributed by atoms with Crippen LogP contribution in [0.3, 0.4) is 0 Å². The normalized spacial score (nSPS) is 11.0. The number of hydrogen-bond acceptors (Lipinski definition) is 5. The van der Waals surface area contributed by atoms with Crippen molar-refractivity contribution in [3.05, 3.63) is 49.3 Å². The third-order valence-electron chi connectivity index (χ3n) is 4.70. The van der Waals surface area contributed by atoms with Crippen LogP contribution < -0.4 is 26.6 Å². The second-order valence-corrected chi connectivity index (χ2v) is 8.44. The number of carbonyl (C=O) groups excluding carboxylic acids is 1. The highest BCUT2D eigenvalue weighted by molar-refractivity contribution is 9.10. The molecule has 0 radical (unpaired) electrons. The van der Waals surface area contributed by atoms with Crippen LogP contribution in [-0.4, -0.2) is 28.6 Å². The maximum atomic E-state index is 13.3. The molecule has 0 bridgehead atoms. The smallest absolute Gasteiger partial charge is 0.330 e. The number of aromatic nitrogens is 2. The summed E-state index contributed by atoms with van der Waals surface area (Å²) in [6.07, 6.45) is 2.13. The minimum absolute atomic E-state index is 0.0535. The zero-order valence-corrected chi connectivity index (χ0v) is 19.5. The fourth-order valence-electron chi connectivity index (χ4n) is 2.93. The van der Waals surface area contributed by atoms with Gasteiger partial charge in [-0.15, -0.1) is 0 Å². The van der Waals surface area contributed by atoms with Crippen LogP contribution in [0, 0.1) is 11.7 Å². The lowest BCUT2D eigenvalue weighted by atomic mass is 10.1. The molecule has 0 spiro atoms. The molecule has 1 heterocycles. The fourth-order valence-corrected chi connectivity index (χ4v) is 3.40. The Morgan fingerprint density at radius 2 is 2.06 bits per heavy atom. The van der Waals surface area contributed by atoms with E-state index in [2.05, 4.69) is 20.9 Å². The minimum Gasteiger partial charge on any atom is -0.483 e. The Bertz CT molecular complexity index is 1040. The van der Waals surface area contributed by atoms with Crippen LogP contribution >= 0.6 is 15.9 Å². The van der Waals surface area contributed by atoms with Crippen molar-refractivity contribution in [3.63, 3.8) is 0 Å². The molecule has 0 aliphatic carbocycles. The maximum absolute atomic E-state index is 13.3. The summed E-state index contributed by atoms with van der Waals surface area (Å²) >= 11 is 3.19. The molecule has 2 aromatic rings. The van der Waals surface area contributed by atoms with E-state index in [4.69, 9.17) is 10.5 Å². The Kier molecular flexibility index (Phi) is 8.85. The van der Waals surface area contributed by atoms with Gasteiger partial charge in [-0.1, -0.05) is 27.2 Å². The number of benzene rings is 1. The molecule has 0 fully saturated rings. The van der Waals surface area contributed by atoms with Crippen LogP contribution in [0.5, 0.6) is 5.75 Å². The predicted molar refractivity (Wildman–Crippen MR) is 122 cm³/mol. The summed E-state index contributed by atoms with van der Waals surface area (Å²) in [5.41, 5.74) is 4.78. The molecule has 0 unspecified atom stereocenters. The van der Waals surface area contributed by atoms with Crippen molar-refractivity contribution in [1.29, 1.82) is 0 Å². The number of carbonyl (C=O) groups is 1. The molecule has 2 rings (SSSR count). The van der Waals surface area contributed by atoms with Crippen molar-refractivity contribution in [3.8, 4) is 5.75 Å². The van der Waals surface area contributed by atoms with Gasteiger partial charge in [0.15, 0.2) is 12.3 Å². The van der Waals surface area contributed by atoms with Gasteiger partial charge in [0.25, 0.3) is 11.5 Å². The maximum Gasteiger partial charge on any atom is 0.330 e. The Hall–Kier alpha value is -2.62. The summed E-state index contributed by atoms with van der Waals surface area (Å²) in [6, 6.07) is 3.84. The highest BCUT2D eigenvalue weighted by atomic mass is 79.9. The first-order valence-corrected chi connectivity index (χ1v) is 11.0. The Balaban J connectivity index is 2.38. The molecule has 0 aliphatic heterocycles. The van der Waals surface area contributed by atoms with E-state index in [1.165, 1.54) is 27.7 Å². The van der Waals surface area contributed by atoms with Crippen LogP contribution in [0.25, 0.3) is 0 Å². The lowest BCUT2D eigenvalue weighted by Gasteiger charge is -2.25. The Morgan fingerprint density at radius 3 is 2.68 bits per heavy atom. The van der Waals surface area contributed by atoms with E-state index in [9.17, 15) is 18.8 Å². The van der Waals surface area contributed by atoms with E-state index in [1.54, 1.807) is 0 Å². The highest BCUT2D eigenvalue weighted by Crippen LogP contribution is 2.26. The molecule has 31 heavy (non-hydrogen) atoms. The number of ether oxygens (including phenoxy) is 1. The van der Waals surface area contributed by atoms with Gasteiger partial charge in [-0.2, -0.15) is 0 Å². The molecule has 1 aromatic carbocycles. The molecule has 1 aromatic heterocycles. The van der Waals surface area contributed by atoms with Gasteiger partial charge in [0.05, 0.1) is 4.47 Å². The number of nitrogen functional groups attached to an aromatic ring is 1. The summed E-state index contributed by atoms with van der Waals surface area (Å²) in [5.74, 6) is -0.461. The number of halogens is 2. The van der Waals surface area contributed by atoms with Gasteiger partial charge in [-0.25, -0.2) is 9.18 Å². The van der Waals surface area contributed by atoms with E-state index in [1.807, 2.05) is 20.8 Å². The van der Waals surface area contributed by atoms with E-state index in [0.717, 1.165) is 6.42 Å². The van der Waals surface area contributed by atoms with Crippen molar-refractivity contribution in [2.24, 2.45) is 5.92 Å². The van der Waals surface area contributed by atoms with Crippen molar-refractivity contribution in [2.45, 2.75) is 46.6 Å². The molecule has 0 aliphatic rings. The third kappa shape index (κ3) is 6.43. The summed E-state index contributed by atoms with van der Waals surface area (Å²) in [5, 5.41) is 0. The second-order valence-electron chi connectivity index (χ2n) is 7.59. The zero-order valence-electron chi connectivity index (χ0n) is 17.9. The number of aromatic amines is 1. The van der Waals surface area contributed by atoms with Crippen molar-refractivity contribution < 1.29 is 13.9 Å². The van der Waals surface area contributed by atoms with Crippen molar-refractivity contribution >= 4 is 33.3 Å². The molecule has 0 atom stereocenters. The number of nitrogens with zero attached hydrogens (tertiary/aromatic N) is 2. The van der Waals surface area contributed by atoms with E-state index >= 15 is 0 Å². The van der Waals surface area contributed by atoms with Gasteiger partial charge in [-0.05, 0) is 52.9 Å². The standard InChI is InChI=1S/C21H28BrFN4O4/c1-4-5-9-27-19(24)18(20(29)25-21(27)30)26(10-8-13(2)3)17(28)12-31-16-7-6-14(23)11-15(16)22/h6-7,11,13H,4-5,8-10,12,24H2,1-3H3,(H,25,29,30). The predicted octanol–water partition coefficient (Wildman–Crippen LogP) is 3.28. The van der Waals surface area contributed by atoms with E-state index < -0.39 is 29.6 Å². The molecule has 3 N–H and O–H groups in total. The Morgan fingerprint density at radius 1 is 1.35 bits per heavy atom. The zero-order chi connectivity index (χ0) is 23.1. The van der Waals surface area contributed by atoms with Crippen LogP contribution in [0.2, 0.25) is 0 Å². The number of rotatable bonds is 10. The van der Waals surface area contributed by atoms with Gasteiger partial charge in [0.1, 0.15) is 17.4 Å². The van der Waals surface area contributed by atoms with Gasteiger partial charge >= 0.3 is 5.69 Å². The summed E-state index contributed by atoms with van der Waals surface area (Å²) in [6.45, 7) is 6.11. The molecule has 1 amide bonds. The summed E-state index contributed by atoms with van der Waals surface area (Å²) < 4.78 is 20.4. The van der Waals surface area contributed by atoms with Crippen LogP contribution in [0.4, 0.5) is 15.9 Å². The molecule has 170 valence electrons. The number of H-pyrrole nitrogens is 1. The monoisotopic (exact) mass is 498 g/mol. The number of unbranched alkanes of at least 4 members (excludes halogenated alkanes) is 1. The van der Waals surface area contributed by atoms with E-state index in [0.29, 0.717) is 23.9 Å². The van der Waals surface area contributed by atoms with Crippen molar-refractivity contribution in [2.75, 3.05) is 23.8 Å². The molecule has 0 saturated heterocycles. The van der Waals surface area contributed by atoms with Gasteiger partial charge < -0.3 is 15.4 Å². The van der Waals surface area contributed by atoms with Crippen LogP contribution in [0.15, 0.2) is 32.3 Å². The average Bonchev–Trinajstić information content (AvgIpc) is 2.69. The first-order valence-electron chi connectivity index (χ1n) is 10.2. The minimum atomic E-state index is -0.727. The largest absolute Gasteiger partial charge is 0.483 e. The quantitative estimate of drug-likeness (QED) is 0.522. The number of nitrogens with two attached hydrogens (primary N) is 1. The second kappa shape index (κ2) is 11.1. The third-order valence-corrected chi connectivity index (χ3v) is 5.32. The number of amides is 1. The Labute approximate surface area is 188 Å². The lowest BCUT2D eigenvalue weighted by Crippen LogP contribution is -2.43. The SMILES string of the molecule is CCCCn1c(N)c(N(CCC(C)C)C(=O)COc2ccc(F)cc2Br)c(=O)[nH]c1=O. The molecule has 8 nitrogen and oxygen atoms in total. The highest BCUT2D eigenvalue weighted by Gasteiger charge is 2.25. The van der Waals surface area contributed by atoms with Crippen LogP contribution in [0.1, 0.15) is 40.0 Å². The number of anilines is 2. The first-order chi connectivity index (χ1) is 14.6. The van der Waals surface area contributed by atoms with E-state index in [-0.39, 0.29) is 29.7 Å². The molecular weight excluding hydrogens is 471 g/mol. The van der Waals surface area contributed by atoms with Gasteiger partial charge in [0, 0.05) is 13.1 Å². The van der Waals surface area contributed by atoms with Crippen molar-refractivity contribution in [1.82, 2.24) is 9.55 Å². The summed E-state index contributed by atoms with van der Waals surface area (Å²) in [7, 11) is 0. The number of hydrogen-bond donors (Lipinski definition) is 2. The van der Waals surface area contributed by atoms with Gasteiger partial charge in [-0.3, -0.25) is 19.1 Å². The first kappa shape index (κ1) is 24.6. The number of nitrogens with one attached hydrogen (secondary N) is 1. The molecule has 0 saturated carbocycles. The fraction of sp³-hybridized carbons (Fsp3) is 0.476. The molecular formula is C21H28BrFN4O4. The summed E-state index contributed by atoms with van der Waals surface area (Å²) in [4.78, 5) is 41.4. The lowest BCUT2D eigenvalue weighted by molar-refractivity contribution is -0.120. The average molecular weight is 499 g/mol.